The van der Waals surface area contributed by atoms with Gasteiger partial charge in [-0.25, -0.2) is 0 Å². The van der Waals surface area contributed by atoms with E-state index in [1.807, 2.05) is 19.1 Å². The average Bonchev–Trinajstić information content (AvgIpc) is 2.08. The Morgan fingerprint density at radius 3 is 2.54 bits per heavy atom. The van der Waals surface area contributed by atoms with Crippen LogP contribution in [0, 0.1) is 6.92 Å². The van der Waals surface area contributed by atoms with Crippen molar-refractivity contribution in [3.63, 3.8) is 0 Å². The number of rotatable bonds is 3. The van der Waals surface area contributed by atoms with Crippen molar-refractivity contribution in [2.45, 2.75) is 20.3 Å². The highest BCUT2D eigenvalue weighted by Gasteiger charge is 2.05. The summed E-state index contributed by atoms with van der Waals surface area (Å²) in [4.78, 5) is 17.3. The van der Waals surface area contributed by atoms with Gasteiger partial charge in [0.25, 0.3) is 0 Å². The molecule has 0 spiro atoms. The maximum absolute atomic E-state index is 8.65. The van der Waals surface area contributed by atoms with Gasteiger partial charge in [-0.15, -0.1) is 0 Å². The van der Waals surface area contributed by atoms with Crippen molar-refractivity contribution in [3.05, 3.63) is 29.3 Å². The van der Waals surface area contributed by atoms with Crippen LogP contribution in [0.15, 0.2) is 18.2 Å². The van der Waals surface area contributed by atoms with Crippen LogP contribution < -0.4 is 4.52 Å². The van der Waals surface area contributed by atoms with Crippen LogP contribution in [0.5, 0.6) is 5.75 Å². The van der Waals surface area contributed by atoms with Gasteiger partial charge in [-0.1, -0.05) is 19.1 Å². The quantitative estimate of drug-likeness (QED) is 0.735. The van der Waals surface area contributed by atoms with Gasteiger partial charge in [0, 0.05) is 0 Å². The van der Waals surface area contributed by atoms with E-state index in [1.54, 1.807) is 6.07 Å². The molecule has 4 heteroatoms. The van der Waals surface area contributed by atoms with Gasteiger partial charge in [0.05, 0.1) is 0 Å². The van der Waals surface area contributed by atoms with Gasteiger partial charge in [-0.3, -0.25) is 0 Å². The van der Waals surface area contributed by atoms with Crippen LogP contribution >= 0.6 is 8.60 Å². The molecule has 0 saturated heterocycles. The molecule has 0 radical (unpaired) electrons. The Kier molecular flexibility index (Phi) is 3.67. The van der Waals surface area contributed by atoms with E-state index in [-0.39, 0.29) is 0 Å². The van der Waals surface area contributed by atoms with Gasteiger partial charge >= 0.3 is 8.60 Å². The third-order valence-electron chi connectivity index (χ3n) is 1.83. The molecule has 0 atom stereocenters. The first kappa shape index (κ1) is 10.5. The number of aryl methyl sites for hydroxylation is 2. The molecular formula is C9H13O3P. The lowest BCUT2D eigenvalue weighted by Crippen LogP contribution is -1.90. The van der Waals surface area contributed by atoms with Crippen molar-refractivity contribution in [2.24, 2.45) is 0 Å². The van der Waals surface area contributed by atoms with E-state index in [4.69, 9.17) is 14.3 Å². The Labute approximate surface area is 79.0 Å². The molecule has 0 aromatic heterocycles. The van der Waals surface area contributed by atoms with Gasteiger partial charge in [-0.05, 0) is 30.5 Å². The van der Waals surface area contributed by atoms with E-state index < -0.39 is 8.60 Å². The monoisotopic (exact) mass is 200 g/mol. The SMILES string of the molecule is CCc1ccc(OP(O)O)c(C)c1. The highest BCUT2D eigenvalue weighted by Crippen LogP contribution is 2.31. The second kappa shape index (κ2) is 4.56. The van der Waals surface area contributed by atoms with Crippen LogP contribution in [0.2, 0.25) is 0 Å². The molecule has 1 rings (SSSR count). The van der Waals surface area contributed by atoms with Crippen LogP contribution in [0.3, 0.4) is 0 Å². The summed E-state index contributed by atoms with van der Waals surface area (Å²) < 4.78 is 4.82. The fourth-order valence-electron chi connectivity index (χ4n) is 1.12. The van der Waals surface area contributed by atoms with Gasteiger partial charge in [-0.2, -0.15) is 0 Å². The fraction of sp³-hybridized carbons (Fsp3) is 0.333. The molecule has 1 aromatic rings. The molecule has 3 nitrogen and oxygen atoms in total. The van der Waals surface area contributed by atoms with Crippen LogP contribution in [-0.2, 0) is 6.42 Å². The lowest BCUT2D eigenvalue weighted by atomic mass is 10.1. The summed E-state index contributed by atoms with van der Waals surface area (Å²) in [5.41, 5.74) is 2.14. The maximum atomic E-state index is 8.65. The van der Waals surface area contributed by atoms with Gasteiger partial charge in [0.15, 0.2) is 0 Å². The Hall–Kier alpha value is -0.630. The van der Waals surface area contributed by atoms with Gasteiger partial charge < -0.3 is 14.3 Å². The predicted octanol–water partition coefficient (Wildman–Crippen LogP) is 2.15. The predicted molar refractivity (Wildman–Crippen MR) is 52.5 cm³/mol. The Morgan fingerprint density at radius 1 is 1.38 bits per heavy atom. The molecular weight excluding hydrogens is 187 g/mol. The standard InChI is InChI=1S/C9H13O3P/c1-3-8-4-5-9(7(2)6-8)12-13(10)11/h4-6,10-11H,3H2,1-2H3. The van der Waals surface area contributed by atoms with Crippen molar-refractivity contribution >= 4 is 8.60 Å². The summed E-state index contributed by atoms with van der Waals surface area (Å²) in [7, 11) is -2.31. The maximum Gasteiger partial charge on any atom is 0.391 e. The molecule has 0 saturated carbocycles. The minimum Gasteiger partial charge on any atom is -0.427 e. The van der Waals surface area contributed by atoms with E-state index in [2.05, 4.69) is 6.92 Å². The lowest BCUT2D eigenvalue weighted by molar-refractivity contribution is 0.374. The minimum absolute atomic E-state index is 0.535. The van der Waals surface area contributed by atoms with Crippen LogP contribution in [0.25, 0.3) is 0 Å². The molecule has 72 valence electrons. The molecule has 0 aliphatic rings. The van der Waals surface area contributed by atoms with Crippen molar-refractivity contribution in [1.82, 2.24) is 0 Å². The van der Waals surface area contributed by atoms with Crippen molar-refractivity contribution in [3.8, 4) is 5.75 Å². The topological polar surface area (TPSA) is 49.7 Å². The van der Waals surface area contributed by atoms with Crippen LogP contribution in [-0.4, -0.2) is 9.79 Å². The van der Waals surface area contributed by atoms with E-state index in [0.29, 0.717) is 5.75 Å². The molecule has 0 bridgehead atoms. The zero-order chi connectivity index (χ0) is 9.84. The molecule has 0 fully saturated rings. The zero-order valence-electron chi connectivity index (χ0n) is 7.69. The highest BCUT2D eigenvalue weighted by atomic mass is 31.2. The Bertz CT molecular complexity index is 286. The zero-order valence-corrected chi connectivity index (χ0v) is 8.58. The van der Waals surface area contributed by atoms with Gasteiger partial charge in [0.2, 0.25) is 0 Å². The summed E-state index contributed by atoms with van der Waals surface area (Å²) >= 11 is 0. The Morgan fingerprint density at radius 2 is 2.08 bits per heavy atom. The number of hydrogen-bond donors (Lipinski definition) is 2. The molecule has 0 heterocycles. The summed E-state index contributed by atoms with van der Waals surface area (Å²) in [5.74, 6) is 0.535. The molecule has 0 aliphatic carbocycles. The van der Waals surface area contributed by atoms with E-state index in [1.165, 1.54) is 5.56 Å². The smallest absolute Gasteiger partial charge is 0.391 e. The minimum atomic E-state index is -2.31. The van der Waals surface area contributed by atoms with E-state index >= 15 is 0 Å². The normalized spacial score (nSPS) is 10.5. The summed E-state index contributed by atoms with van der Waals surface area (Å²) in [5, 5.41) is 0. The average molecular weight is 200 g/mol. The van der Waals surface area contributed by atoms with Crippen LogP contribution in [0.4, 0.5) is 0 Å². The van der Waals surface area contributed by atoms with E-state index in [0.717, 1.165) is 12.0 Å². The first-order valence-electron chi connectivity index (χ1n) is 4.09. The fourth-order valence-corrected chi connectivity index (χ4v) is 1.50. The molecule has 0 amide bonds. The van der Waals surface area contributed by atoms with E-state index in [9.17, 15) is 0 Å². The van der Waals surface area contributed by atoms with Gasteiger partial charge in [0.1, 0.15) is 5.75 Å². The first-order valence-corrected chi connectivity index (χ1v) is 5.25. The second-order valence-corrected chi connectivity index (χ2v) is 3.49. The molecule has 1 aromatic carbocycles. The lowest BCUT2D eigenvalue weighted by Gasteiger charge is -2.09. The third kappa shape index (κ3) is 2.96. The van der Waals surface area contributed by atoms with Crippen molar-refractivity contribution in [1.29, 1.82) is 0 Å². The third-order valence-corrected chi connectivity index (χ3v) is 2.19. The van der Waals surface area contributed by atoms with Crippen molar-refractivity contribution < 1.29 is 14.3 Å². The largest absolute Gasteiger partial charge is 0.427 e. The Balaban J connectivity index is 2.85. The first-order chi connectivity index (χ1) is 6.13. The molecule has 2 N–H and O–H groups in total. The molecule has 0 aliphatic heterocycles. The highest BCUT2D eigenvalue weighted by molar-refractivity contribution is 7.39. The van der Waals surface area contributed by atoms with Crippen molar-refractivity contribution in [2.75, 3.05) is 0 Å². The molecule has 13 heavy (non-hydrogen) atoms. The summed E-state index contributed by atoms with van der Waals surface area (Å²) in [6, 6.07) is 5.66. The summed E-state index contributed by atoms with van der Waals surface area (Å²) in [6.07, 6.45) is 0.966. The van der Waals surface area contributed by atoms with Crippen LogP contribution in [0.1, 0.15) is 18.1 Å². The summed E-state index contributed by atoms with van der Waals surface area (Å²) in [6.45, 7) is 3.95. The number of benzene rings is 1. The molecule has 0 unspecified atom stereocenters. The number of hydrogen-bond acceptors (Lipinski definition) is 3. The second-order valence-electron chi connectivity index (χ2n) is 2.80.